The van der Waals surface area contributed by atoms with E-state index in [0.717, 1.165) is 13.1 Å². The van der Waals surface area contributed by atoms with E-state index in [1.165, 1.54) is 41.8 Å². The number of nitrogens with zero attached hydrogens (tertiary/aromatic N) is 3. The van der Waals surface area contributed by atoms with Gasteiger partial charge in [0, 0.05) is 25.0 Å². The van der Waals surface area contributed by atoms with Gasteiger partial charge in [0.05, 0.1) is 0 Å². The molecule has 0 bridgehead atoms. The van der Waals surface area contributed by atoms with E-state index in [2.05, 4.69) is 52.1 Å². The number of aryl methyl sites for hydroxylation is 1. The molecule has 0 radical (unpaired) electrons. The Balaban J connectivity index is 1.42. The van der Waals surface area contributed by atoms with E-state index < -0.39 is 0 Å². The number of benzene rings is 1. The standard InChI is InChI=1S/C18H24N4/c1-12-3-4-15-10-13(2)17(16(15)9-12)19-7-8-22-11-20-21-18(22)14-5-6-14/h3-4,9,11,13-14,17,19H,5-8,10H2,1-2H3/t13-,17+/m0/s1. The van der Waals surface area contributed by atoms with Gasteiger partial charge in [-0.15, -0.1) is 10.2 Å². The van der Waals surface area contributed by atoms with Crippen molar-refractivity contribution in [3.05, 3.63) is 47.0 Å². The summed E-state index contributed by atoms with van der Waals surface area (Å²) in [5.74, 6) is 2.51. The molecule has 0 saturated heterocycles. The summed E-state index contributed by atoms with van der Waals surface area (Å²) in [6, 6.07) is 7.36. The highest BCUT2D eigenvalue weighted by molar-refractivity contribution is 5.38. The largest absolute Gasteiger partial charge is 0.316 e. The maximum atomic E-state index is 4.28. The summed E-state index contributed by atoms with van der Waals surface area (Å²) in [4.78, 5) is 0. The first-order valence-electron chi connectivity index (χ1n) is 8.43. The molecule has 0 aliphatic heterocycles. The first-order valence-corrected chi connectivity index (χ1v) is 8.43. The van der Waals surface area contributed by atoms with Crippen molar-refractivity contribution < 1.29 is 0 Å². The molecule has 2 atom stereocenters. The lowest BCUT2D eigenvalue weighted by molar-refractivity contribution is 0.405. The first-order chi connectivity index (χ1) is 10.7. The lowest BCUT2D eigenvalue weighted by Gasteiger charge is -2.19. The number of rotatable bonds is 5. The molecule has 0 spiro atoms. The van der Waals surface area contributed by atoms with Crippen molar-refractivity contribution in [1.82, 2.24) is 20.1 Å². The van der Waals surface area contributed by atoms with Crippen molar-refractivity contribution in [2.24, 2.45) is 5.92 Å². The zero-order valence-electron chi connectivity index (χ0n) is 13.4. The van der Waals surface area contributed by atoms with Gasteiger partial charge in [-0.05, 0) is 43.2 Å². The van der Waals surface area contributed by atoms with Crippen molar-refractivity contribution in [3.63, 3.8) is 0 Å². The lowest BCUT2D eigenvalue weighted by Crippen LogP contribution is -2.27. The van der Waals surface area contributed by atoms with Crippen molar-refractivity contribution in [2.45, 2.75) is 51.6 Å². The minimum Gasteiger partial charge on any atom is -0.316 e. The Morgan fingerprint density at radius 2 is 2.18 bits per heavy atom. The van der Waals surface area contributed by atoms with Crippen LogP contribution in [0.1, 0.15) is 54.2 Å². The average molecular weight is 296 g/mol. The molecule has 22 heavy (non-hydrogen) atoms. The molecule has 0 unspecified atom stereocenters. The van der Waals surface area contributed by atoms with Gasteiger partial charge in [-0.2, -0.15) is 0 Å². The van der Waals surface area contributed by atoms with Crippen LogP contribution >= 0.6 is 0 Å². The summed E-state index contributed by atoms with van der Waals surface area (Å²) in [6.07, 6.45) is 5.62. The summed E-state index contributed by atoms with van der Waals surface area (Å²) >= 11 is 0. The Morgan fingerprint density at radius 1 is 1.32 bits per heavy atom. The van der Waals surface area contributed by atoms with Crippen LogP contribution in [0.3, 0.4) is 0 Å². The number of aromatic nitrogens is 3. The van der Waals surface area contributed by atoms with E-state index in [-0.39, 0.29) is 0 Å². The Hall–Kier alpha value is -1.68. The molecule has 2 aromatic rings. The molecule has 1 aromatic carbocycles. The fraction of sp³-hybridized carbons (Fsp3) is 0.556. The van der Waals surface area contributed by atoms with E-state index in [9.17, 15) is 0 Å². The smallest absolute Gasteiger partial charge is 0.135 e. The Bertz CT molecular complexity index is 671. The highest BCUT2D eigenvalue weighted by Gasteiger charge is 2.30. The second kappa shape index (κ2) is 5.51. The van der Waals surface area contributed by atoms with Gasteiger partial charge in [0.15, 0.2) is 0 Å². The van der Waals surface area contributed by atoms with Crippen LogP contribution in [-0.2, 0) is 13.0 Å². The predicted octanol–water partition coefficient (Wildman–Crippen LogP) is 2.99. The monoisotopic (exact) mass is 296 g/mol. The van der Waals surface area contributed by atoms with Crippen molar-refractivity contribution >= 4 is 0 Å². The molecule has 4 rings (SSSR count). The maximum Gasteiger partial charge on any atom is 0.135 e. The van der Waals surface area contributed by atoms with Crippen molar-refractivity contribution in [1.29, 1.82) is 0 Å². The molecule has 2 aliphatic carbocycles. The molecule has 1 heterocycles. The van der Waals surface area contributed by atoms with Crippen LogP contribution in [-0.4, -0.2) is 21.3 Å². The number of nitrogens with one attached hydrogen (secondary N) is 1. The van der Waals surface area contributed by atoms with Gasteiger partial charge in [0.1, 0.15) is 12.2 Å². The lowest BCUT2D eigenvalue weighted by atomic mass is 10.0. The van der Waals surface area contributed by atoms with Gasteiger partial charge in [0.25, 0.3) is 0 Å². The second-order valence-corrected chi connectivity index (χ2v) is 6.97. The molecule has 0 amide bonds. The van der Waals surface area contributed by atoms with E-state index in [1.807, 2.05) is 6.33 Å². The van der Waals surface area contributed by atoms with Gasteiger partial charge in [-0.1, -0.05) is 30.7 Å². The molecule has 4 heteroatoms. The van der Waals surface area contributed by atoms with Crippen LogP contribution in [0.25, 0.3) is 0 Å². The van der Waals surface area contributed by atoms with Crippen molar-refractivity contribution in [3.8, 4) is 0 Å². The van der Waals surface area contributed by atoms with Crippen LogP contribution in [0.5, 0.6) is 0 Å². The summed E-state index contributed by atoms with van der Waals surface area (Å²) in [6.45, 7) is 6.46. The quantitative estimate of drug-likeness (QED) is 0.922. The summed E-state index contributed by atoms with van der Waals surface area (Å²) in [5.41, 5.74) is 4.37. The molecular weight excluding hydrogens is 272 g/mol. The average Bonchev–Trinajstić information content (AvgIpc) is 3.16. The summed E-state index contributed by atoms with van der Waals surface area (Å²) in [7, 11) is 0. The van der Waals surface area contributed by atoms with Crippen LogP contribution in [0.2, 0.25) is 0 Å². The van der Waals surface area contributed by atoms with Crippen LogP contribution in [0.4, 0.5) is 0 Å². The minimum absolute atomic E-state index is 0.482. The topological polar surface area (TPSA) is 42.7 Å². The summed E-state index contributed by atoms with van der Waals surface area (Å²) in [5, 5.41) is 12.1. The zero-order valence-corrected chi connectivity index (χ0v) is 13.4. The van der Waals surface area contributed by atoms with Gasteiger partial charge in [-0.25, -0.2) is 0 Å². The molecule has 1 fully saturated rings. The minimum atomic E-state index is 0.482. The van der Waals surface area contributed by atoms with E-state index in [1.54, 1.807) is 0 Å². The third-order valence-electron chi connectivity index (χ3n) is 5.05. The Kier molecular flexibility index (Phi) is 3.49. The predicted molar refractivity (Wildman–Crippen MR) is 86.8 cm³/mol. The third-order valence-corrected chi connectivity index (χ3v) is 5.05. The van der Waals surface area contributed by atoms with E-state index >= 15 is 0 Å². The fourth-order valence-corrected chi connectivity index (χ4v) is 3.71. The number of hydrogen-bond donors (Lipinski definition) is 1. The first kappa shape index (κ1) is 13.9. The van der Waals surface area contributed by atoms with Crippen LogP contribution in [0.15, 0.2) is 24.5 Å². The molecule has 1 N–H and O–H groups in total. The normalized spacial score (nSPS) is 23.7. The van der Waals surface area contributed by atoms with E-state index in [0.29, 0.717) is 17.9 Å². The highest BCUT2D eigenvalue weighted by Crippen LogP contribution is 2.39. The van der Waals surface area contributed by atoms with Gasteiger partial charge in [-0.3, -0.25) is 0 Å². The van der Waals surface area contributed by atoms with Crippen LogP contribution in [0, 0.1) is 12.8 Å². The van der Waals surface area contributed by atoms with Gasteiger partial charge in [0.2, 0.25) is 0 Å². The van der Waals surface area contributed by atoms with Crippen molar-refractivity contribution in [2.75, 3.05) is 6.54 Å². The molecular formula is C18H24N4. The highest BCUT2D eigenvalue weighted by atomic mass is 15.3. The third kappa shape index (κ3) is 2.56. The number of hydrogen-bond acceptors (Lipinski definition) is 3. The Morgan fingerprint density at radius 3 is 3.00 bits per heavy atom. The molecule has 1 aromatic heterocycles. The van der Waals surface area contributed by atoms with Crippen LogP contribution < -0.4 is 5.32 Å². The second-order valence-electron chi connectivity index (χ2n) is 6.97. The molecule has 2 aliphatic rings. The van der Waals surface area contributed by atoms with Gasteiger partial charge < -0.3 is 9.88 Å². The summed E-state index contributed by atoms with van der Waals surface area (Å²) < 4.78 is 2.22. The zero-order chi connectivity index (χ0) is 15.1. The Labute approximate surface area is 132 Å². The van der Waals surface area contributed by atoms with Gasteiger partial charge >= 0.3 is 0 Å². The van der Waals surface area contributed by atoms with E-state index in [4.69, 9.17) is 0 Å². The molecule has 4 nitrogen and oxygen atoms in total. The maximum absolute atomic E-state index is 4.28. The molecule has 116 valence electrons. The number of fused-ring (bicyclic) bond motifs is 1. The fourth-order valence-electron chi connectivity index (χ4n) is 3.71. The molecule has 1 saturated carbocycles. The SMILES string of the molecule is Cc1ccc2c(c1)[C@H](NCCn1cnnc1C1CC1)[C@@H](C)C2.